The maximum absolute atomic E-state index is 5.95. The number of para-hydroxylation sites is 1. The minimum atomic E-state index is 0.620. The molecule has 0 aliphatic heterocycles. The van der Waals surface area contributed by atoms with Crippen LogP contribution in [-0.2, 0) is 6.54 Å². The average molecular weight is 299 g/mol. The van der Waals surface area contributed by atoms with Crippen molar-refractivity contribution in [3.05, 3.63) is 71.0 Å². The number of nitrogens with one attached hydrogen (secondary N) is 1. The number of benzene rings is 2. The molecule has 106 valence electrons. The molecule has 0 radical (unpaired) electrons. The van der Waals surface area contributed by atoms with Crippen LogP contribution in [0.1, 0.15) is 11.3 Å². The van der Waals surface area contributed by atoms with Gasteiger partial charge < -0.3 is 5.32 Å². The summed E-state index contributed by atoms with van der Waals surface area (Å²) >= 11 is 5.95. The Hall–Kier alpha value is -2.33. The molecule has 3 aromatic rings. The van der Waals surface area contributed by atoms with Gasteiger partial charge in [-0.1, -0.05) is 29.8 Å². The summed E-state index contributed by atoms with van der Waals surface area (Å²) < 4.78 is 0. The fraction of sp³-hybridized carbons (Fsp3) is 0.125. The van der Waals surface area contributed by atoms with E-state index in [4.69, 9.17) is 11.6 Å². The van der Waals surface area contributed by atoms with Gasteiger partial charge in [-0.25, -0.2) is 0 Å². The van der Waals surface area contributed by atoms with E-state index < -0.39 is 0 Å². The van der Waals surface area contributed by atoms with Crippen LogP contribution in [0.15, 0.2) is 54.7 Å². The van der Waals surface area contributed by atoms with Gasteiger partial charge in [-0.2, -0.15) is 15.0 Å². The molecule has 0 spiro atoms. The predicted molar refractivity (Wildman–Crippen MR) is 84.9 cm³/mol. The summed E-state index contributed by atoms with van der Waals surface area (Å²) in [6, 6.07) is 15.6. The molecule has 2 aromatic carbocycles. The largest absolute Gasteiger partial charge is 0.379 e. The summed E-state index contributed by atoms with van der Waals surface area (Å²) in [7, 11) is 0. The quantitative estimate of drug-likeness (QED) is 0.796. The van der Waals surface area contributed by atoms with Gasteiger partial charge in [0.05, 0.1) is 18.4 Å². The van der Waals surface area contributed by atoms with Crippen LogP contribution in [0, 0.1) is 6.92 Å². The van der Waals surface area contributed by atoms with Crippen LogP contribution >= 0.6 is 11.6 Å². The second kappa shape index (κ2) is 5.97. The Morgan fingerprint density at radius 3 is 2.71 bits per heavy atom. The maximum atomic E-state index is 5.95. The Bertz CT molecular complexity index is 737. The van der Waals surface area contributed by atoms with Crippen molar-refractivity contribution in [3.8, 4) is 5.69 Å². The summed E-state index contributed by atoms with van der Waals surface area (Å²) in [6.07, 6.45) is 1.77. The molecule has 5 heteroatoms. The van der Waals surface area contributed by atoms with Crippen LogP contribution in [-0.4, -0.2) is 15.0 Å². The van der Waals surface area contributed by atoms with E-state index >= 15 is 0 Å². The first-order chi connectivity index (χ1) is 10.2. The number of halogens is 1. The summed E-state index contributed by atoms with van der Waals surface area (Å²) in [5, 5.41) is 12.8. The van der Waals surface area contributed by atoms with Gasteiger partial charge in [-0.15, -0.1) is 0 Å². The third-order valence-electron chi connectivity index (χ3n) is 3.17. The number of hydrogen-bond donors (Lipinski definition) is 1. The van der Waals surface area contributed by atoms with E-state index in [-0.39, 0.29) is 0 Å². The van der Waals surface area contributed by atoms with Gasteiger partial charge in [-0.3, -0.25) is 0 Å². The Morgan fingerprint density at radius 2 is 1.95 bits per heavy atom. The first-order valence-electron chi connectivity index (χ1n) is 6.69. The first-order valence-corrected chi connectivity index (χ1v) is 7.07. The number of hydrogen-bond acceptors (Lipinski definition) is 3. The SMILES string of the molecule is Cc1cc(Cl)ccc1NCc1cnn(-c2ccccc2)n1. The van der Waals surface area contributed by atoms with Crippen molar-refractivity contribution >= 4 is 17.3 Å². The summed E-state index contributed by atoms with van der Waals surface area (Å²) in [6.45, 7) is 2.64. The Balaban J connectivity index is 1.70. The van der Waals surface area contributed by atoms with Gasteiger partial charge in [0.1, 0.15) is 5.69 Å². The molecule has 0 saturated heterocycles. The molecule has 1 N–H and O–H groups in total. The number of rotatable bonds is 4. The van der Waals surface area contributed by atoms with Crippen molar-refractivity contribution in [2.45, 2.75) is 13.5 Å². The van der Waals surface area contributed by atoms with E-state index in [1.165, 1.54) is 0 Å². The second-order valence-electron chi connectivity index (χ2n) is 4.77. The minimum Gasteiger partial charge on any atom is -0.379 e. The van der Waals surface area contributed by atoms with Gasteiger partial charge in [0.2, 0.25) is 0 Å². The van der Waals surface area contributed by atoms with Crippen LogP contribution in [0.2, 0.25) is 5.02 Å². The standard InChI is InChI=1S/C16H15ClN4/c1-12-9-13(17)7-8-16(12)18-10-14-11-19-21(20-14)15-5-3-2-4-6-15/h2-9,11,18H,10H2,1H3. The van der Waals surface area contributed by atoms with Crippen LogP contribution in [0.3, 0.4) is 0 Å². The summed E-state index contributed by atoms with van der Waals surface area (Å²) in [5.74, 6) is 0. The number of anilines is 1. The summed E-state index contributed by atoms with van der Waals surface area (Å²) in [4.78, 5) is 1.63. The maximum Gasteiger partial charge on any atom is 0.102 e. The lowest BCUT2D eigenvalue weighted by atomic mass is 10.2. The lowest BCUT2D eigenvalue weighted by Gasteiger charge is -2.08. The molecule has 3 rings (SSSR count). The highest BCUT2D eigenvalue weighted by Crippen LogP contribution is 2.20. The van der Waals surface area contributed by atoms with Crippen molar-refractivity contribution in [2.75, 3.05) is 5.32 Å². The van der Waals surface area contributed by atoms with Crippen molar-refractivity contribution in [1.82, 2.24) is 15.0 Å². The molecule has 0 fully saturated rings. The molecular formula is C16H15ClN4. The minimum absolute atomic E-state index is 0.620. The molecule has 1 heterocycles. The number of nitrogens with zero attached hydrogens (tertiary/aromatic N) is 3. The lowest BCUT2D eigenvalue weighted by molar-refractivity contribution is 0.740. The van der Waals surface area contributed by atoms with E-state index in [0.29, 0.717) is 6.54 Å². The average Bonchev–Trinajstić information content (AvgIpc) is 2.96. The van der Waals surface area contributed by atoms with Crippen molar-refractivity contribution in [3.63, 3.8) is 0 Å². The molecule has 0 aliphatic carbocycles. The molecular weight excluding hydrogens is 284 g/mol. The van der Waals surface area contributed by atoms with Gasteiger partial charge in [0, 0.05) is 10.7 Å². The monoisotopic (exact) mass is 298 g/mol. The topological polar surface area (TPSA) is 42.7 Å². The number of aromatic nitrogens is 3. The lowest BCUT2D eigenvalue weighted by Crippen LogP contribution is -2.03. The molecule has 0 saturated carbocycles. The molecule has 0 bridgehead atoms. The third kappa shape index (κ3) is 3.23. The predicted octanol–water partition coefficient (Wildman–Crippen LogP) is 3.84. The fourth-order valence-corrected chi connectivity index (χ4v) is 2.30. The van der Waals surface area contributed by atoms with E-state index in [0.717, 1.165) is 27.7 Å². The van der Waals surface area contributed by atoms with Crippen LogP contribution < -0.4 is 5.32 Å². The Morgan fingerprint density at radius 1 is 1.14 bits per heavy atom. The molecule has 21 heavy (non-hydrogen) atoms. The van der Waals surface area contributed by atoms with Gasteiger partial charge in [-0.05, 0) is 42.8 Å². The smallest absolute Gasteiger partial charge is 0.102 e. The highest BCUT2D eigenvalue weighted by atomic mass is 35.5. The molecule has 0 amide bonds. The highest BCUT2D eigenvalue weighted by Gasteiger charge is 2.04. The molecule has 0 aliphatic rings. The van der Waals surface area contributed by atoms with Crippen molar-refractivity contribution < 1.29 is 0 Å². The van der Waals surface area contributed by atoms with Crippen molar-refractivity contribution in [1.29, 1.82) is 0 Å². The molecule has 4 nitrogen and oxygen atoms in total. The van der Waals surface area contributed by atoms with Gasteiger partial charge in [0.15, 0.2) is 0 Å². The zero-order valence-electron chi connectivity index (χ0n) is 11.6. The zero-order chi connectivity index (χ0) is 14.7. The second-order valence-corrected chi connectivity index (χ2v) is 5.21. The Kier molecular flexibility index (Phi) is 3.88. The van der Waals surface area contributed by atoms with Crippen LogP contribution in [0.5, 0.6) is 0 Å². The highest BCUT2D eigenvalue weighted by molar-refractivity contribution is 6.30. The zero-order valence-corrected chi connectivity index (χ0v) is 12.4. The van der Waals surface area contributed by atoms with E-state index in [2.05, 4.69) is 15.5 Å². The fourth-order valence-electron chi connectivity index (χ4n) is 2.07. The molecule has 1 aromatic heterocycles. The first kappa shape index (κ1) is 13.6. The third-order valence-corrected chi connectivity index (χ3v) is 3.41. The van der Waals surface area contributed by atoms with E-state index in [1.807, 2.05) is 55.5 Å². The Labute approximate surface area is 128 Å². The number of aryl methyl sites for hydroxylation is 1. The summed E-state index contributed by atoms with van der Waals surface area (Å²) in [5.41, 5.74) is 3.99. The van der Waals surface area contributed by atoms with Gasteiger partial charge >= 0.3 is 0 Å². The normalized spacial score (nSPS) is 10.6. The van der Waals surface area contributed by atoms with Crippen LogP contribution in [0.25, 0.3) is 5.69 Å². The molecule has 0 unspecified atom stereocenters. The van der Waals surface area contributed by atoms with Gasteiger partial charge in [0.25, 0.3) is 0 Å². The van der Waals surface area contributed by atoms with E-state index in [1.54, 1.807) is 11.0 Å². The van der Waals surface area contributed by atoms with E-state index in [9.17, 15) is 0 Å². The van der Waals surface area contributed by atoms with Crippen LogP contribution in [0.4, 0.5) is 5.69 Å². The molecule has 0 atom stereocenters. The van der Waals surface area contributed by atoms with Crippen molar-refractivity contribution in [2.24, 2.45) is 0 Å².